The highest BCUT2D eigenvalue weighted by Crippen LogP contribution is 1.88. The van der Waals surface area contributed by atoms with Gasteiger partial charge in [-0.3, -0.25) is 10.1 Å². The van der Waals surface area contributed by atoms with Crippen LogP contribution in [0.5, 0.6) is 0 Å². The van der Waals surface area contributed by atoms with Crippen molar-refractivity contribution in [2.75, 3.05) is 6.54 Å². The molecule has 3 N–H and O–H groups in total. The standard InChI is InChI=1S/C4H9NO2.3HNO3/c1-4(2)3-5(6)7;3*2-1(3)4/h4H,3H2,1-2H3;3*(H,2,3,4). The lowest BCUT2D eigenvalue weighted by molar-refractivity contribution is -0.742. The van der Waals surface area contributed by atoms with Crippen molar-refractivity contribution in [1.82, 2.24) is 0 Å². The number of nitrogens with zero attached hydrogens (tertiary/aromatic N) is 4. The molecule has 114 valence electrons. The quantitative estimate of drug-likeness (QED) is 0.447. The second-order valence-electron chi connectivity index (χ2n) is 2.62. The van der Waals surface area contributed by atoms with Gasteiger partial charge in [-0.2, -0.15) is 0 Å². The monoisotopic (exact) mass is 292 g/mol. The van der Waals surface area contributed by atoms with E-state index in [0.29, 0.717) is 0 Å². The first-order valence-corrected chi connectivity index (χ1v) is 3.94. The molecule has 0 radical (unpaired) electrons. The van der Waals surface area contributed by atoms with E-state index in [-0.39, 0.29) is 17.4 Å². The second-order valence-corrected chi connectivity index (χ2v) is 2.62. The fourth-order valence-electron chi connectivity index (χ4n) is 0.298. The van der Waals surface area contributed by atoms with Crippen molar-refractivity contribution in [1.29, 1.82) is 0 Å². The molecule has 15 heteroatoms. The van der Waals surface area contributed by atoms with Gasteiger partial charge in [0.1, 0.15) is 0 Å². The molecule has 0 saturated heterocycles. The molecule has 0 bridgehead atoms. The Hall–Kier alpha value is -3.00. The number of hydrogen-bond donors (Lipinski definition) is 3. The van der Waals surface area contributed by atoms with Gasteiger partial charge in [-0.05, 0) is 0 Å². The van der Waals surface area contributed by atoms with Crippen LogP contribution in [0, 0.1) is 46.4 Å². The van der Waals surface area contributed by atoms with Gasteiger partial charge in [0.25, 0.3) is 15.3 Å². The first-order chi connectivity index (χ1) is 8.32. The van der Waals surface area contributed by atoms with E-state index in [4.69, 9.17) is 46.0 Å². The zero-order valence-electron chi connectivity index (χ0n) is 9.68. The van der Waals surface area contributed by atoms with Crippen LogP contribution in [0.2, 0.25) is 0 Å². The fourth-order valence-corrected chi connectivity index (χ4v) is 0.298. The first kappa shape index (κ1) is 25.0. The highest BCUT2D eigenvalue weighted by Gasteiger charge is 1.99. The molecule has 0 rings (SSSR count). The van der Waals surface area contributed by atoms with Crippen molar-refractivity contribution in [2.45, 2.75) is 13.8 Å². The van der Waals surface area contributed by atoms with Crippen molar-refractivity contribution < 1.29 is 35.8 Å². The molecule has 0 aliphatic carbocycles. The molecule has 0 amide bonds. The average Bonchev–Trinajstić information content (AvgIpc) is 1.95. The first-order valence-electron chi connectivity index (χ1n) is 3.94. The Labute approximate surface area is 104 Å². The van der Waals surface area contributed by atoms with Crippen LogP contribution in [0.1, 0.15) is 13.8 Å². The molecule has 0 aromatic rings. The average molecular weight is 292 g/mol. The van der Waals surface area contributed by atoms with E-state index in [9.17, 15) is 10.1 Å². The summed E-state index contributed by atoms with van der Waals surface area (Å²) in [5.41, 5.74) is 0. The van der Waals surface area contributed by atoms with Crippen LogP contribution >= 0.6 is 0 Å². The van der Waals surface area contributed by atoms with E-state index in [0.717, 1.165) is 0 Å². The lowest BCUT2D eigenvalue weighted by atomic mass is 10.2. The summed E-state index contributed by atoms with van der Waals surface area (Å²) in [4.78, 5) is 34.4. The minimum atomic E-state index is -1.50. The Bertz CT molecular complexity index is 237. The van der Waals surface area contributed by atoms with Crippen molar-refractivity contribution in [2.24, 2.45) is 5.92 Å². The van der Waals surface area contributed by atoms with Gasteiger partial charge < -0.3 is 15.6 Å². The van der Waals surface area contributed by atoms with Crippen molar-refractivity contribution in [3.05, 3.63) is 40.5 Å². The molecule has 0 unspecified atom stereocenters. The third-order valence-corrected chi connectivity index (χ3v) is 0.514. The van der Waals surface area contributed by atoms with Crippen LogP contribution in [0.25, 0.3) is 0 Å². The molecule has 0 heterocycles. The topological polar surface area (TPSA) is 233 Å². The normalized spacial score (nSPS) is 7.32. The molecule has 15 nitrogen and oxygen atoms in total. The lowest BCUT2D eigenvalue weighted by Gasteiger charge is -1.92. The Morgan fingerprint density at radius 2 is 0.947 bits per heavy atom. The van der Waals surface area contributed by atoms with Gasteiger partial charge >= 0.3 is 0 Å². The highest BCUT2D eigenvalue weighted by atomic mass is 16.9. The van der Waals surface area contributed by atoms with E-state index in [1.165, 1.54) is 0 Å². The Morgan fingerprint density at radius 3 is 0.947 bits per heavy atom. The summed E-state index contributed by atoms with van der Waals surface area (Å²) in [7, 11) is 0. The summed E-state index contributed by atoms with van der Waals surface area (Å²) in [5, 5.41) is 50.5. The lowest BCUT2D eigenvalue weighted by Crippen LogP contribution is -2.06. The Balaban J connectivity index is -0.0000000825. The molecule has 0 spiro atoms. The predicted molar refractivity (Wildman–Crippen MR) is 53.0 cm³/mol. The van der Waals surface area contributed by atoms with E-state index in [1.54, 1.807) is 0 Å². The number of rotatable bonds is 2. The summed E-state index contributed by atoms with van der Waals surface area (Å²) < 4.78 is 0. The number of nitro groups is 1. The molecule has 0 atom stereocenters. The summed E-state index contributed by atoms with van der Waals surface area (Å²) >= 11 is 0. The minimum absolute atomic E-state index is 0.0833. The van der Waals surface area contributed by atoms with E-state index < -0.39 is 15.3 Å². The maximum absolute atomic E-state index is 9.62. The summed E-state index contributed by atoms with van der Waals surface area (Å²) in [5.74, 6) is 0.176. The van der Waals surface area contributed by atoms with Crippen LogP contribution in [-0.2, 0) is 0 Å². The van der Waals surface area contributed by atoms with Gasteiger partial charge in [0.2, 0.25) is 6.54 Å². The third-order valence-electron chi connectivity index (χ3n) is 0.514. The van der Waals surface area contributed by atoms with Crippen LogP contribution in [0.15, 0.2) is 0 Å². The summed E-state index contributed by atoms with van der Waals surface area (Å²) in [6.07, 6.45) is 0. The van der Waals surface area contributed by atoms with E-state index in [1.807, 2.05) is 13.8 Å². The van der Waals surface area contributed by atoms with E-state index >= 15 is 0 Å². The Morgan fingerprint density at radius 1 is 0.789 bits per heavy atom. The highest BCUT2D eigenvalue weighted by molar-refractivity contribution is 4.35. The van der Waals surface area contributed by atoms with Gasteiger partial charge in [-0.1, -0.05) is 13.8 Å². The molecule has 0 aromatic heterocycles. The molecule has 0 aliphatic heterocycles. The Kier molecular flexibility index (Phi) is 22.9. The zero-order chi connectivity index (χ0) is 16.6. The minimum Gasteiger partial charge on any atom is -0.328 e. The SMILES string of the molecule is CC(C)C[N+](=O)[O-].O=[N+]([O-])O.O=[N+]([O-])O.O=[N+]([O-])O. The number of hydrogen-bond acceptors (Lipinski definition) is 8. The fraction of sp³-hybridized carbons (Fsp3) is 1.00. The van der Waals surface area contributed by atoms with Gasteiger partial charge in [-0.15, -0.1) is 30.3 Å². The van der Waals surface area contributed by atoms with Gasteiger partial charge in [0, 0.05) is 10.8 Å². The molecule has 0 saturated carbocycles. The van der Waals surface area contributed by atoms with Crippen molar-refractivity contribution >= 4 is 0 Å². The molecule has 19 heavy (non-hydrogen) atoms. The second kappa shape index (κ2) is 17.4. The van der Waals surface area contributed by atoms with Crippen LogP contribution in [-0.4, -0.2) is 42.3 Å². The summed E-state index contributed by atoms with van der Waals surface area (Å²) in [6, 6.07) is 0. The maximum Gasteiger partial charge on any atom is 0.291 e. The molecule has 0 aliphatic rings. The van der Waals surface area contributed by atoms with Crippen LogP contribution in [0.4, 0.5) is 0 Å². The summed E-state index contributed by atoms with van der Waals surface area (Å²) in [6.45, 7) is 3.73. The van der Waals surface area contributed by atoms with E-state index in [2.05, 4.69) is 0 Å². The molecule has 0 fully saturated rings. The van der Waals surface area contributed by atoms with Crippen molar-refractivity contribution in [3.63, 3.8) is 0 Å². The third kappa shape index (κ3) is 2540. The van der Waals surface area contributed by atoms with Gasteiger partial charge in [0.05, 0.1) is 0 Å². The molecule has 0 aromatic carbocycles. The smallest absolute Gasteiger partial charge is 0.291 e. The van der Waals surface area contributed by atoms with Crippen molar-refractivity contribution in [3.8, 4) is 0 Å². The molecular weight excluding hydrogens is 280 g/mol. The molecular formula is C4H12N4O11. The largest absolute Gasteiger partial charge is 0.328 e. The predicted octanol–water partition coefficient (Wildman–Crippen LogP) is -0.124. The van der Waals surface area contributed by atoms with Crippen LogP contribution < -0.4 is 0 Å². The van der Waals surface area contributed by atoms with Gasteiger partial charge in [0.15, 0.2) is 0 Å². The van der Waals surface area contributed by atoms with Gasteiger partial charge in [-0.25, -0.2) is 0 Å². The van der Waals surface area contributed by atoms with Crippen LogP contribution in [0.3, 0.4) is 0 Å². The zero-order valence-corrected chi connectivity index (χ0v) is 9.68. The maximum atomic E-state index is 9.62.